The minimum atomic E-state index is -0.0972. The topological polar surface area (TPSA) is 97.7 Å². The van der Waals surface area contributed by atoms with Gasteiger partial charge in [0.05, 0.1) is 28.4 Å². The second kappa shape index (κ2) is 9.65. The third-order valence-electron chi connectivity index (χ3n) is 5.15. The largest absolute Gasteiger partial charge is 0.502 e. The summed E-state index contributed by atoms with van der Waals surface area (Å²) in [4.78, 5) is 15.3. The zero-order valence-corrected chi connectivity index (χ0v) is 18.8. The fraction of sp³-hybridized carbons (Fsp3) is 0.292. The minimum Gasteiger partial charge on any atom is -0.502 e. The van der Waals surface area contributed by atoms with E-state index in [9.17, 15) is 15.0 Å². The number of hydrogen-bond donors (Lipinski definition) is 2. The van der Waals surface area contributed by atoms with Gasteiger partial charge in [0.15, 0.2) is 28.8 Å². The van der Waals surface area contributed by atoms with Crippen LogP contribution in [0, 0.1) is 0 Å². The van der Waals surface area contributed by atoms with Gasteiger partial charge in [0.2, 0.25) is 11.5 Å². The number of phenolic OH excluding ortho intramolecular Hbond substituents is 2. The van der Waals surface area contributed by atoms with Crippen molar-refractivity contribution >= 4 is 17.9 Å². The van der Waals surface area contributed by atoms with E-state index in [1.165, 1.54) is 28.4 Å². The molecule has 8 heteroatoms. The van der Waals surface area contributed by atoms with E-state index in [1.807, 2.05) is 11.9 Å². The number of Topliss-reactive ketones (excluding diaryl/α,β-unsaturated/α-hetero) is 1. The van der Waals surface area contributed by atoms with Crippen molar-refractivity contribution in [2.75, 3.05) is 48.6 Å². The van der Waals surface area contributed by atoms with Crippen LogP contribution in [0.1, 0.15) is 11.1 Å². The molecule has 0 atom stereocenters. The lowest BCUT2D eigenvalue weighted by atomic mass is 9.94. The van der Waals surface area contributed by atoms with Gasteiger partial charge in [-0.1, -0.05) is 0 Å². The van der Waals surface area contributed by atoms with E-state index in [2.05, 4.69) is 0 Å². The highest BCUT2D eigenvalue weighted by atomic mass is 16.5. The number of ketones is 1. The van der Waals surface area contributed by atoms with Crippen molar-refractivity contribution in [1.82, 2.24) is 4.90 Å². The summed E-state index contributed by atoms with van der Waals surface area (Å²) in [6.07, 6.45) is 3.52. The summed E-state index contributed by atoms with van der Waals surface area (Å²) >= 11 is 0. The van der Waals surface area contributed by atoms with E-state index in [1.54, 1.807) is 36.4 Å². The first-order chi connectivity index (χ1) is 15.3. The maximum absolute atomic E-state index is 13.2. The van der Waals surface area contributed by atoms with Crippen LogP contribution in [0.5, 0.6) is 34.5 Å². The molecule has 0 saturated carbocycles. The number of carbonyl (C=O) groups is 1. The van der Waals surface area contributed by atoms with Crippen LogP contribution in [0.3, 0.4) is 0 Å². The van der Waals surface area contributed by atoms with Gasteiger partial charge in [-0.25, -0.2) is 0 Å². The molecule has 2 aromatic carbocycles. The number of carbonyl (C=O) groups excluding carboxylic acids is 1. The number of hydrogen-bond acceptors (Lipinski definition) is 8. The smallest absolute Gasteiger partial charge is 0.200 e. The van der Waals surface area contributed by atoms with Gasteiger partial charge in [-0.05, 0) is 54.6 Å². The Morgan fingerprint density at radius 2 is 1.03 bits per heavy atom. The van der Waals surface area contributed by atoms with Crippen molar-refractivity contribution in [2.24, 2.45) is 0 Å². The Labute approximate surface area is 186 Å². The molecule has 0 radical (unpaired) electrons. The molecule has 0 spiro atoms. The van der Waals surface area contributed by atoms with Gasteiger partial charge in [0, 0.05) is 24.2 Å². The Balaban J connectivity index is 2.02. The molecule has 170 valence electrons. The summed E-state index contributed by atoms with van der Waals surface area (Å²) in [7, 11) is 7.72. The SMILES string of the molecule is COc1cc(/C=C2\CN(C)C/C(=C\c3cc(OC)c(O)c(OC)c3)C2=O)cc(OC)c1O. The van der Waals surface area contributed by atoms with Crippen LogP contribution in [-0.4, -0.2) is 69.5 Å². The summed E-state index contributed by atoms with van der Waals surface area (Å²) in [6, 6.07) is 6.58. The Bertz CT molecular complexity index is 954. The maximum Gasteiger partial charge on any atom is 0.200 e. The fourth-order valence-corrected chi connectivity index (χ4v) is 3.61. The molecular weight excluding hydrogens is 414 g/mol. The molecule has 2 aromatic rings. The molecule has 1 fully saturated rings. The zero-order chi connectivity index (χ0) is 23.4. The van der Waals surface area contributed by atoms with Gasteiger partial charge < -0.3 is 29.2 Å². The summed E-state index contributed by atoms with van der Waals surface area (Å²) < 4.78 is 20.8. The van der Waals surface area contributed by atoms with Gasteiger partial charge >= 0.3 is 0 Å². The Kier molecular flexibility index (Phi) is 6.95. The standard InChI is InChI=1S/C24H27NO7/c1-25-12-16(6-14-8-18(29-2)23(27)19(9-14)30-3)22(26)17(13-25)7-15-10-20(31-4)24(28)21(11-15)32-5/h6-11,27-28H,12-13H2,1-5H3/b16-6+,17-7+. The van der Waals surface area contributed by atoms with E-state index in [0.29, 0.717) is 35.4 Å². The first kappa shape index (κ1) is 23.0. The third-order valence-corrected chi connectivity index (χ3v) is 5.15. The van der Waals surface area contributed by atoms with Crippen molar-refractivity contribution in [3.63, 3.8) is 0 Å². The lowest BCUT2D eigenvalue weighted by molar-refractivity contribution is -0.113. The predicted octanol–water partition coefficient (Wildman–Crippen LogP) is 3.11. The van der Waals surface area contributed by atoms with Gasteiger partial charge in [0.1, 0.15) is 0 Å². The zero-order valence-electron chi connectivity index (χ0n) is 18.8. The quantitative estimate of drug-likeness (QED) is 0.660. The molecule has 0 aliphatic carbocycles. The van der Waals surface area contributed by atoms with Crippen molar-refractivity contribution in [2.45, 2.75) is 0 Å². The number of likely N-dealkylation sites (N-methyl/N-ethyl adjacent to an activating group) is 1. The number of piperidine rings is 1. The van der Waals surface area contributed by atoms with Crippen LogP contribution in [0.2, 0.25) is 0 Å². The summed E-state index contributed by atoms with van der Waals surface area (Å²) in [5.41, 5.74) is 2.50. The van der Waals surface area contributed by atoms with Gasteiger partial charge in [0.25, 0.3) is 0 Å². The Morgan fingerprint density at radius 1 is 0.719 bits per heavy atom. The first-order valence-corrected chi connectivity index (χ1v) is 9.85. The molecule has 2 N–H and O–H groups in total. The molecular formula is C24H27NO7. The molecule has 0 amide bonds. The normalized spacial score (nSPS) is 17.0. The number of rotatable bonds is 6. The molecule has 1 heterocycles. The molecule has 1 aliphatic heterocycles. The average Bonchev–Trinajstić information content (AvgIpc) is 2.78. The highest BCUT2D eigenvalue weighted by Gasteiger charge is 2.25. The van der Waals surface area contributed by atoms with Crippen molar-refractivity contribution in [1.29, 1.82) is 0 Å². The molecule has 3 rings (SSSR count). The molecule has 32 heavy (non-hydrogen) atoms. The van der Waals surface area contributed by atoms with Crippen molar-refractivity contribution in [3.8, 4) is 34.5 Å². The average molecular weight is 441 g/mol. The summed E-state index contributed by atoms with van der Waals surface area (Å²) in [5, 5.41) is 20.3. The van der Waals surface area contributed by atoms with E-state index in [4.69, 9.17) is 18.9 Å². The molecule has 1 saturated heterocycles. The van der Waals surface area contributed by atoms with Crippen LogP contribution in [0.25, 0.3) is 12.2 Å². The van der Waals surface area contributed by atoms with Crippen LogP contribution in [0.15, 0.2) is 35.4 Å². The van der Waals surface area contributed by atoms with Crippen LogP contribution in [0.4, 0.5) is 0 Å². The third kappa shape index (κ3) is 4.65. The Morgan fingerprint density at radius 3 is 1.31 bits per heavy atom. The lowest BCUT2D eigenvalue weighted by Crippen LogP contribution is -2.34. The number of ether oxygens (including phenoxy) is 4. The Hall–Kier alpha value is -3.65. The molecule has 0 bridgehead atoms. The minimum absolute atomic E-state index is 0.0971. The number of aromatic hydroxyl groups is 2. The van der Waals surface area contributed by atoms with Crippen LogP contribution < -0.4 is 18.9 Å². The summed E-state index contributed by atoms with van der Waals surface area (Å²) in [6.45, 7) is 0.924. The predicted molar refractivity (Wildman–Crippen MR) is 121 cm³/mol. The second-order valence-electron chi connectivity index (χ2n) is 7.39. The number of phenols is 2. The highest BCUT2D eigenvalue weighted by molar-refractivity contribution is 6.14. The van der Waals surface area contributed by atoms with Gasteiger partial charge in [-0.3, -0.25) is 9.69 Å². The second-order valence-corrected chi connectivity index (χ2v) is 7.39. The molecule has 0 aromatic heterocycles. The van der Waals surface area contributed by atoms with Gasteiger partial charge in [-0.15, -0.1) is 0 Å². The van der Waals surface area contributed by atoms with Crippen molar-refractivity contribution in [3.05, 3.63) is 46.5 Å². The number of likely N-dealkylation sites (tertiary alicyclic amines) is 1. The monoisotopic (exact) mass is 441 g/mol. The number of methoxy groups -OCH3 is 4. The van der Waals surface area contributed by atoms with Crippen LogP contribution in [-0.2, 0) is 4.79 Å². The van der Waals surface area contributed by atoms with Crippen LogP contribution >= 0.6 is 0 Å². The van der Waals surface area contributed by atoms with E-state index in [-0.39, 0.29) is 40.3 Å². The first-order valence-electron chi connectivity index (χ1n) is 9.85. The molecule has 8 nitrogen and oxygen atoms in total. The van der Waals surface area contributed by atoms with E-state index in [0.717, 1.165) is 0 Å². The lowest BCUT2D eigenvalue weighted by Gasteiger charge is -2.26. The molecule has 1 aliphatic rings. The highest BCUT2D eigenvalue weighted by Crippen LogP contribution is 2.39. The fourth-order valence-electron chi connectivity index (χ4n) is 3.61. The molecule has 0 unspecified atom stereocenters. The summed E-state index contributed by atoms with van der Waals surface area (Å²) in [5.74, 6) is 0.734. The van der Waals surface area contributed by atoms with Crippen molar-refractivity contribution < 1.29 is 34.0 Å². The number of nitrogens with zero attached hydrogens (tertiary/aromatic N) is 1. The number of benzene rings is 2. The van der Waals surface area contributed by atoms with Gasteiger partial charge in [-0.2, -0.15) is 0 Å². The maximum atomic E-state index is 13.2. The van der Waals surface area contributed by atoms with E-state index < -0.39 is 0 Å². The van der Waals surface area contributed by atoms with E-state index >= 15 is 0 Å².